The molecule has 0 aromatic rings. The second-order valence-corrected chi connectivity index (χ2v) is 2.70. The van der Waals surface area contributed by atoms with Crippen LogP contribution in [-0.4, -0.2) is 9.76 Å². The first-order valence-corrected chi connectivity index (χ1v) is 4.00. The average Bonchev–Trinajstić information content (AvgIpc) is 1.69. The zero-order chi connectivity index (χ0) is 5.54. The van der Waals surface area contributed by atoms with Gasteiger partial charge >= 0.3 is 0 Å². The van der Waals surface area contributed by atoms with Crippen molar-refractivity contribution in [1.82, 2.24) is 0 Å². The van der Waals surface area contributed by atoms with Crippen molar-refractivity contribution in [1.29, 1.82) is 5.26 Å². The smallest absolute Gasteiger partial charge is 0.270 e. The van der Waals surface area contributed by atoms with Gasteiger partial charge in [0.2, 0.25) is 9.76 Å². The van der Waals surface area contributed by atoms with Crippen molar-refractivity contribution in [3.63, 3.8) is 0 Å². The predicted octanol–water partition coefficient (Wildman–Crippen LogP) is 0.396. The van der Waals surface area contributed by atoms with Crippen LogP contribution in [0.4, 0.5) is 0 Å². The van der Waals surface area contributed by atoms with Crippen LogP contribution in [0.5, 0.6) is 0 Å². The Morgan fingerprint density at radius 2 is 2.57 bits per heavy atom. The maximum absolute atomic E-state index is 7.86. The molecule has 0 saturated heterocycles. The van der Waals surface area contributed by atoms with Gasteiger partial charge < -0.3 is 4.43 Å². The second-order valence-electron chi connectivity index (χ2n) is 1.29. The van der Waals surface area contributed by atoms with Crippen molar-refractivity contribution in [3.8, 4) is 6.26 Å². The van der Waals surface area contributed by atoms with Gasteiger partial charge in [0, 0.05) is 0 Å². The fourth-order valence-electron chi connectivity index (χ4n) is 0.262. The van der Waals surface area contributed by atoms with Crippen LogP contribution in [0, 0.1) is 11.5 Å². The molecule has 3 heteroatoms. The lowest BCUT2D eigenvalue weighted by Gasteiger charge is -1.87. The highest BCUT2D eigenvalue weighted by Crippen LogP contribution is 1.83. The Labute approximate surface area is 46.0 Å². The maximum Gasteiger partial charge on any atom is 0.270 e. The molecule has 0 aliphatic heterocycles. The Hall–Kier alpha value is -0.493. The summed E-state index contributed by atoms with van der Waals surface area (Å²) >= 11 is 0. The van der Waals surface area contributed by atoms with Crippen LogP contribution in [-0.2, 0) is 4.43 Å². The van der Waals surface area contributed by atoms with Crippen molar-refractivity contribution in [2.24, 2.45) is 0 Å². The topological polar surface area (TPSA) is 33.0 Å². The van der Waals surface area contributed by atoms with Crippen LogP contribution >= 0.6 is 0 Å². The van der Waals surface area contributed by atoms with Crippen LogP contribution < -0.4 is 0 Å². The Balaban J connectivity index is 2.60. The summed E-state index contributed by atoms with van der Waals surface area (Å²) in [5, 5.41) is 7.86. The molecule has 0 bridgehead atoms. The maximum atomic E-state index is 7.86. The lowest BCUT2D eigenvalue weighted by Crippen LogP contribution is -1.88. The summed E-state index contributed by atoms with van der Waals surface area (Å²) in [6.45, 7) is 2.09. The molecule has 0 atom stereocenters. The van der Waals surface area contributed by atoms with Gasteiger partial charge in [-0.3, -0.25) is 0 Å². The number of nitriles is 1. The molecule has 0 spiro atoms. The van der Waals surface area contributed by atoms with Gasteiger partial charge in [-0.25, -0.2) is 0 Å². The summed E-state index contributed by atoms with van der Waals surface area (Å²) in [5.41, 5.74) is 0. The lowest BCUT2D eigenvalue weighted by molar-refractivity contribution is 0.539. The van der Waals surface area contributed by atoms with E-state index in [9.17, 15) is 0 Å². The molecule has 0 N–H and O–H groups in total. The molecule has 0 rings (SSSR count). The van der Waals surface area contributed by atoms with Crippen LogP contribution in [0.15, 0.2) is 0 Å². The van der Waals surface area contributed by atoms with E-state index >= 15 is 0 Å². The highest BCUT2D eigenvalue weighted by atomic mass is 28.2. The van der Waals surface area contributed by atoms with Crippen LogP contribution in [0.25, 0.3) is 0 Å². The molecule has 0 aromatic carbocycles. The van der Waals surface area contributed by atoms with Crippen LogP contribution in [0.3, 0.4) is 0 Å². The second kappa shape index (κ2) is 5.51. The first kappa shape index (κ1) is 6.51. The summed E-state index contributed by atoms with van der Waals surface area (Å²) in [6.07, 6.45) is 2.81. The van der Waals surface area contributed by atoms with Gasteiger partial charge in [-0.15, -0.1) is 0 Å². The molecule has 0 heterocycles. The van der Waals surface area contributed by atoms with E-state index in [0.29, 0.717) is 0 Å². The molecule has 0 unspecified atom stereocenters. The minimum absolute atomic E-state index is 0.450. The number of hydrogen-bond acceptors (Lipinski definition) is 2. The van der Waals surface area contributed by atoms with Crippen molar-refractivity contribution in [2.75, 3.05) is 0 Å². The van der Waals surface area contributed by atoms with Crippen molar-refractivity contribution in [3.05, 3.63) is 0 Å². The summed E-state index contributed by atoms with van der Waals surface area (Å²) in [6, 6.07) is 1.12. The Morgan fingerprint density at radius 1 is 1.86 bits per heavy atom. The van der Waals surface area contributed by atoms with E-state index in [1.165, 1.54) is 0 Å². The summed E-state index contributed by atoms with van der Waals surface area (Å²) in [5.74, 6) is 0. The minimum Gasteiger partial charge on any atom is -0.490 e. The van der Waals surface area contributed by atoms with E-state index in [0.717, 1.165) is 12.5 Å². The van der Waals surface area contributed by atoms with E-state index < -0.39 is 9.76 Å². The van der Waals surface area contributed by atoms with Gasteiger partial charge in [0.25, 0.3) is 6.26 Å². The van der Waals surface area contributed by atoms with Gasteiger partial charge in [-0.1, -0.05) is 13.3 Å². The van der Waals surface area contributed by atoms with Gasteiger partial charge in [-0.05, 0) is 6.04 Å². The summed E-state index contributed by atoms with van der Waals surface area (Å²) in [4.78, 5) is 0. The van der Waals surface area contributed by atoms with E-state index in [2.05, 4.69) is 11.3 Å². The fourth-order valence-corrected chi connectivity index (χ4v) is 0.786. The minimum atomic E-state index is -0.450. The van der Waals surface area contributed by atoms with Crippen molar-refractivity contribution >= 4 is 9.76 Å². The highest BCUT2D eigenvalue weighted by Gasteiger charge is 1.81. The van der Waals surface area contributed by atoms with E-state index in [-0.39, 0.29) is 0 Å². The molecule has 2 nitrogen and oxygen atoms in total. The molecule has 0 saturated carbocycles. The average molecular weight is 115 g/mol. The van der Waals surface area contributed by atoms with Gasteiger partial charge in [-0.2, -0.15) is 5.26 Å². The first-order valence-electron chi connectivity index (χ1n) is 2.42. The molecule has 40 valence electrons. The third-order valence-corrected chi connectivity index (χ3v) is 1.99. The molecule has 0 radical (unpaired) electrons. The predicted molar refractivity (Wildman–Crippen MR) is 30.3 cm³/mol. The van der Waals surface area contributed by atoms with E-state index in [4.69, 9.17) is 5.26 Å². The number of rotatable bonds is 3. The highest BCUT2D eigenvalue weighted by molar-refractivity contribution is 6.27. The lowest BCUT2D eigenvalue weighted by atomic mass is 10.6. The Kier molecular flexibility index (Phi) is 5.12. The molecule has 0 aromatic heterocycles. The standard InChI is InChI=1S/C4H9NOSi/c1-2-3-7-6-4-5/h2-3,7H2,1H3. The fraction of sp³-hybridized carbons (Fsp3) is 0.750. The van der Waals surface area contributed by atoms with Crippen molar-refractivity contribution in [2.45, 2.75) is 19.4 Å². The van der Waals surface area contributed by atoms with E-state index in [1.807, 2.05) is 0 Å². The quantitative estimate of drug-likeness (QED) is 0.303. The van der Waals surface area contributed by atoms with E-state index in [1.54, 1.807) is 6.26 Å². The third-order valence-electron chi connectivity index (χ3n) is 0.665. The molecule has 0 amide bonds. The van der Waals surface area contributed by atoms with Crippen molar-refractivity contribution < 1.29 is 4.43 Å². The largest absolute Gasteiger partial charge is 0.490 e. The van der Waals surface area contributed by atoms with Crippen LogP contribution in [0.1, 0.15) is 13.3 Å². The number of hydrogen-bond donors (Lipinski definition) is 0. The van der Waals surface area contributed by atoms with Gasteiger partial charge in [0.05, 0.1) is 0 Å². The Morgan fingerprint density at radius 3 is 3.00 bits per heavy atom. The molecule has 0 fully saturated rings. The molecule has 0 aliphatic carbocycles. The Bertz CT molecular complexity index is 68.6. The van der Waals surface area contributed by atoms with Gasteiger partial charge in [0.15, 0.2) is 0 Å². The zero-order valence-electron chi connectivity index (χ0n) is 4.48. The molecule has 7 heavy (non-hydrogen) atoms. The first-order chi connectivity index (χ1) is 3.41. The SMILES string of the molecule is CCC[SiH2]OC#N. The summed E-state index contributed by atoms with van der Waals surface area (Å²) in [7, 11) is -0.450. The molecular formula is C4H9NOSi. The molecular weight excluding hydrogens is 106 g/mol. The number of nitrogens with zero attached hydrogens (tertiary/aromatic N) is 1. The zero-order valence-corrected chi connectivity index (χ0v) is 5.89. The normalized spacial score (nSPS) is 9.14. The summed E-state index contributed by atoms with van der Waals surface area (Å²) < 4.78 is 4.52. The van der Waals surface area contributed by atoms with Gasteiger partial charge in [0.1, 0.15) is 0 Å². The van der Waals surface area contributed by atoms with Crippen LogP contribution in [0.2, 0.25) is 6.04 Å². The third kappa shape index (κ3) is 5.51. The monoisotopic (exact) mass is 115 g/mol. The molecule has 0 aliphatic rings.